The van der Waals surface area contributed by atoms with Crippen molar-refractivity contribution in [2.45, 2.75) is 6.92 Å². The van der Waals surface area contributed by atoms with Crippen LogP contribution < -0.4 is 11.2 Å². The van der Waals surface area contributed by atoms with E-state index >= 15 is 0 Å². The number of thiophene rings is 1. The van der Waals surface area contributed by atoms with Gasteiger partial charge in [-0.25, -0.2) is 14.3 Å². The molecule has 0 atom stereocenters. The summed E-state index contributed by atoms with van der Waals surface area (Å²) in [5.41, 5.74) is 1.71. The lowest BCUT2D eigenvalue weighted by Gasteiger charge is -2.07. The molecule has 1 aromatic carbocycles. The minimum atomic E-state index is -0.515. The third-order valence-electron chi connectivity index (χ3n) is 4.82. The van der Waals surface area contributed by atoms with Gasteiger partial charge in [0.15, 0.2) is 0 Å². The fraction of sp³-hybridized carbons (Fsp3) is 0.0476. The highest BCUT2D eigenvalue weighted by Crippen LogP contribution is 2.36. The Bertz CT molecular complexity index is 1510. The number of halogens is 1. The van der Waals surface area contributed by atoms with E-state index in [1.165, 1.54) is 17.5 Å². The number of aryl methyl sites for hydroxylation is 1. The van der Waals surface area contributed by atoms with Gasteiger partial charge in [0.25, 0.3) is 5.56 Å². The Balaban J connectivity index is 1.82. The average Bonchev–Trinajstić information content (AvgIpc) is 3.12. The van der Waals surface area contributed by atoms with Gasteiger partial charge in [-0.2, -0.15) is 0 Å². The quantitative estimate of drug-likeness (QED) is 0.431. The molecule has 6 nitrogen and oxygen atoms in total. The number of nitrogens with zero attached hydrogens (tertiary/aromatic N) is 3. The van der Waals surface area contributed by atoms with E-state index in [0.717, 1.165) is 31.3 Å². The fourth-order valence-corrected chi connectivity index (χ4v) is 4.97. The summed E-state index contributed by atoms with van der Waals surface area (Å²) < 4.78 is 1.57. The SMILES string of the molecule is Cc1ccnc(Cl)c1-c1cc2[nH]c(=O)n(-c3cncc4ccccc34)c(=O)c2s1. The molecule has 29 heavy (non-hydrogen) atoms. The molecule has 5 rings (SSSR count). The van der Waals surface area contributed by atoms with Crippen LogP contribution in [0.2, 0.25) is 5.15 Å². The number of hydrogen-bond donors (Lipinski definition) is 1. The van der Waals surface area contributed by atoms with Crippen molar-refractivity contribution in [1.82, 2.24) is 19.5 Å². The summed E-state index contributed by atoms with van der Waals surface area (Å²) in [6, 6.07) is 11.1. The molecule has 0 aliphatic carbocycles. The first-order chi connectivity index (χ1) is 14.0. The summed E-state index contributed by atoms with van der Waals surface area (Å²) >= 11 is 7.57. The Labute approximate surface area is 173 Å². The predicted molar refractivity (Wildman–Crippen MR) is 116 cm³/mol. The standard InChI is InChI=1S/C21H13ClN4O2S/c1-11-6-7-24-19(22)17(11)16-8-14-18(29-16)20(27)26(21(28)25-14)15-10-23-9-12-4-2-3-5-13(12)15/h2-10H,1H3,(H,25,28). The van der Waals surface area contributed by atoms with E-state index in [9.17, 15) is 9.59 Å². The molecule has 0 saturated heterocycles. The summed E-state index contributed by atoms with van der Waals surface area (Å²) in [4.78, 5) is 38.0. The van der Waals surface area contributed by atoms with Crippen LogP contribution in [0.15, 0.2) is 64.6 Å². The lowest BCUT2D eigenvalue weighted by Crippen LogP contribution is -2.33. The summed E-state index contributed by atoms with van der Waals surface area (Å²) in [7, 11) is 0. The second-order valence-electron chi connectivity index (χ2n) is 6.60. The van der Waals surface area contributed by atoms with Crippen molar-refractivity contribution >= 4 is 43.9 Å². The number of nitrogens with one attached hydrogen (secondary N) is 1. The monoisotopic (exact) mass is 420 g/mol. The number of benzene rings is 1. The summed E-state index contributed by atoms with van der Waals surface area (Å²) in [5.74, 6) is 0. The first kappa shape index (κ1) is 17.8. The molecule has 5 aromatic rings. The topological polar surface area (TPSA) is 80.6 Å². The van der Waals surface area contributed by atoms with Crippen molar-refractivity contribution in [3.05, 3.63) is 86.5 Å². The molecule has 142 valence electrons. The van der Waals surface area contributed by atoms with Crippen LogP contribution in [0.4, 0.5) is 0 Å². The normalized spacial score (nSPS) is 11.4. The van der Waals surface area contributed by atoms with Crippen LogP contribution in [0, 0.1) is 6.92 Å². The Morgan fingerprint density at radius 2 is 1.97 bits per heavy atom. The zero-order valence-corrected chi connectivity index (χ0v) is 16.7. The largest absolute Gasteiger partial charge is 0.333 e. The van der Waals surface area contributed by atoms with Crippen molar-refractivity contribution in [3.63, 3.8) is 0 Å². The Kier molecular flexibility index (Phi) is 4.08. The van der Waals surface area contributed by atoms with Crippen molar-refractivity contribution in [3.8, 4) is 16.1 Å². The first-order valence-corrected chi connectivity index (χ1v) is 9.97. The predicted octanol–water partition coefficient (Wildman–Crippen LogP) is 4.31. The number of hydrogen-bond acceptors (Lipinski definition) is 5. The summed E-state index contributed by atoms with van der Waals surface area (Å²) in [6.07, 6.45) is 4.87. The second kappa shape index (κ2) is 6.65. The van der Waals surface area contributed by atoms with Crippen LogP contribution in [0.25, 0.3) is 37.1 Å². The molecular weight excluding hydrogens is 408 g/mol. The van der Waals surface area contributed by atoms with E-state index in [2.05, 4.69) is 15.0 Å². The maximum atomic E-state index is 13.3. The van der Waals surface area contributed by atoms with Crippen LogP contribution in [-0.2, 0) is 0 Å². The van der Waals surface area contributed by atoms with Crippen molar-refractivity contribution in [1.29, 1.82) is 0 Å². The maximum Gasteiger partial charge on any atom is 0.333 e. The van der Waals surface area contributed by atoms with Gasteiger partial charge in [-0.3, -0.25) is 9.78 Å². The minimum absolute atomic E-state index is 0.359. The molecule has 0 aliphatic rings. The molecule has 8 heteroatoms. The minimum Gasteiger partial charge on any atom is -0.306 e. The van der Waals surface area contributed by atoms with Gasteiger partial charge < -0.3 is 4.98 Å². The van der Waals surface area contributed by atoms with Crippen molar-refractivity contribution in [2.24, 2.45) is 0 Å². The second-order valence-corrected chi connectivity index (χ2v) is 8.01. The van der Waals surface area contributed by atoms with Gasteiger partial charge in [0.05, 0.1) is 17.4 Å². The molecule has 0 saturated carbocycles. The Hall–Kier alpha value is -3.29. The number of H-pyrrole nitrogens is 1. The molecule has 0 bridgehead atoms. The lowest BCUT2D eigenvalue weighted by atomic mass is 10.1. The van der Waals surface area contributed by atoms with Gasteiger partial charge in [0.1, 0.15) is 9.85 Å². The molecule has 4 aromatic heterocycles. The van der Waals surface area contributed by atoms with E-state index in [0.29, 0.717) is 21.1 Å². The summed E-state index contributed by atoms with van der Waals surface area (Å²) in [5, 5.41) is 1.98. The van der Waals surface area contributed by atoms with E-state index in [1.54, 1.807) is 18.5 Å². The molecule has 0 amide bonds. The highest BCUT2D eigenvalue weighted by molar-refractivity contribution is 7.22. The van der Waals surface area contributed by atoms with Crippen molar-refractivity contribution < 1.29 is 0 Å². The van der Waals surface area contributed by atoms with E-state index in [4.69, 9.17) is 11.6 Å². The molecule has 1 N–H and O–H groups in total. The van der Waals surface area contributed by atoms with Crippen LogP contribution in [0.5, 0.6) is 0 Å². The Morgan fingerprint density at radius 3 is 2.79 bits per heavy atom. The van der Waals surface area contributed by atoms with Crippen molar-refractivity contribution in [2.75, 3.05) is 0 Å². The van der Waals surface area contributed by atoms with Crippen LogP contribution in [-0.4, -0.2) is 19.5 Å². The number of pyridine rings is 2. The van der Waals surface area contributed by atoms with Crippen LogP contribution in [0.1, 0.15) is 5.56 Å². The third-order valence-corrected chi connectivity index (χ3v) is 6.25. The van der Waals surface area contributed by atoms with Crippen LogP contribution in [0.3, 0.4) is 0 Å². The van der Waals surface area contributed by atoms with Gasteiger partial charge in [-0.15, -0.1) is 11.3 Å². The molecule has 0 fully saturated rings. The average molecular weight is 421 g/mol. The van der Waals surface area contributed by atoms with Gasteiger partial charge in [0.2, 0.25) is 0 Å². The zero-order valence-electron chi connectivity index (χ0n) is 15.1. The highest BCUT2D eigenvalue weighted by Gasteiger charge is 2.17. The number of rotatable bonds is 2. The van der Waals surface area contributed by atoms with Gasteiger partial charge in [-0.1, -0.05) is 35.9 Å². The van der Waals surface area contributed by atoms with E-state index < -0.39 is 11.2 Å². The molecule has 0 radical (unpaired) electrons. The molecule has 0 spiro atoms. The molecule has 4 heterocycles. The third kappa shape index (κ3) is 2.78. The van der Waals surface area contributed by atoms with E-state index in [-0.39, 0.29) is 0 Å². The zero-order chi connectivity index (χ0) is 20.1. The number of fused-ring (bicyclic) bond motifs is 2. The Morgan fingerprint density at radius 1 is 1.14 bits per heavy atom. The first-order valence-electron chi connectivity index (χ1n) is 8.78. The van der Waals surface area contributed by atoms with Gasteiger partial charge >= 0.3 is 5.69 Å². The number of aromatic amines is 1. The summed E-state index contributed by atoms with van der Waals surface area (Å²) in [6.45, 7) is 1.93. The number of aromatic nitrogens is 4. The highest BCUT2D eigenvalue weighted by atomic mass is 35.5. The fourth-order valence-electron chi connectivity index (χ4n) is 3.45. The molecule has 0 unspecified atom stereocenters. The lowest BCUT2D eigenvalue weighted by molar-refractivity contribution is 0.905. The van der Waals surface area contributed by atoms with Gasteiger partial charge in [0, 0.05) is 33.6 Å². The van der Waals surface area contributed by atoms with Gasteiger partial charge in [-0.05, 0) is 24.6 Å². The van der Waals surface area contributed by atoms with E-state index in [1.807, 2.05) is 37.3 Å². The maximum absolute atomic E-state index is 13.3. The molecule has 0 aliphatic heterocycles. The smallest absolute Gasteiger partial charge is 0.306 e. The van der Waals surface area contributed by atoms with Crippen LogP contribution >= 0.6 is 22.9 Å². The molecular formula is C21H13ClN4O2S.